The molecule has 1 N–H and O–H groups in total. The van der Waals surface area contributed by atoms with Crippen LogP contribution < -0.4 is 14.8 Å². The topological polar surface area (TPSA) is 72.9 Å². The minimum Gasteiger partial charge on any atom is -0.454 e. The lowest BCUT2D eigenvalue weighted by atomic mass is 10.1. The van der Waals surface area contributed by atoms with Gasteiger partial charge in [0.15, 0.2) is 11.5 Å². The van der Waals surface area contributed by atoms with Crippen LogP contribution in [0.3, 0.4) is 0 Å². The van der Waals surface area contributed by atoms with E-state index in [1.165, 1.54) is 16.9 Å². The van der Waals surface area contributed by atoms with Crippen LogP contribution in [0.25, 0.3) is 11.3 Å². The van der Waals surface area contributed by atoms with Gasteiger partial charge in [-0.25, -0.2) is 4.98 Å². The molecule has 0 spiro atoms. The molecule has 3 heterocycles. The number of hydrogen-bond acceptors (Lipinski definition) is 7. The molecular weight excluding hydrogens is 474 g/mol. The molecule has 0 bridgehead atoms. The summed E-state index contributed by atoms with van der Waals surface area (Å²) in [5, 5.41) is 3.81. The zero-order valence-electron chi connectivity index (χ0n) is 19.6. The van der Waals surface area contributed by atoms with E-state index in [2.05, 4.69) is 34.5 Å². The summed E-state index contributed by atoms with van der Waals surface area (Å²) in [4.78, 5) is 21.3. The van der Waals surface area contributed by atoms with Gasteiger partial charge in [-0.3, -0.25) is 9.69 Å². The molecule has 1 atom stereocenters. The van der Waals surface area contributed by atoms with Crippen molar-refractivity contribution in [3.63, 3.8) is 0 Å². The Bertz CT molecular complexity index is 1360. The van der Waals surface area contributed by atoms with Crippen LogP contribution in [0.4, 0.5) is 5.69 Å². The van der Waals surface area contributed by atoms with Crippen molar-refractivity contribution in [3.8, 4) is 22.8 Å². The Balaban J connectivity index is 1.26. The van der Waals surface area contributed by atoms with Crippen LogP contribution in [0.15, 0.2) is 78.9 Å². The number of carbonyl (C=O) groups excluding carboxylic acids is 1. The molecule has 4 aromatic rings. The zero-order valence-corrected chi connectivity index (χ0v) is 20.4. The Morgan fingerprint density at radius 1 is 1.00 bits per heavy atom. The largest absolute Gasteiger partial charge is 0.454 e. The summed E-state index contributed by atoms with van der Waals surface area (Å²) in [5.41, 5.74) is 3.47. The normalized spacial score (nSPS) is 17.2. The van der Waals surface area contributed by atoms with E-state index in [0.29, 0.717) is 34.4 Å². The SMILES string of the molecule is O=C(Nc1ccc2c(c1)OCO2)c1sc(C2CN(Cc3ccccc3)CCO2)nc1-c1ccccc1. The van der Waals surface area contributed by atoms with Gasteiger partial charge in [0.1, 0.15) is 16.0 Å². The molecule has 7 nitrogen and oxygen atoms in total. The van der Waals surface area contributed by atoms with E-state index in [9.17, 15) is 4.79 Å². The highest BCUT2D eigenvalue weighted by Gasteiger charge is 2.28. The first kappa shape index (κ1) is 22.7. The standard InChI is InChI=1S/C28H25N3O4S/c32-27(29-21-11-12-22-23(15-21)35-18-34-22)26-25(20-9-5-2-6-10-20)30-28(36-26)24-17-31(13-14-33-24)16-19-7-3-1-4-8-19/h1-12,15,24H,13-14,16-18H2,(H,29,32). The van der Waals surface area contributed by atoms with E-state index in [0.717, 1.165) is 30.2 Å². The van der Waals surface area contributed by atoms with Crippen molar-refractivity contribution in [1.29, 1.82) is 0 Å². The number of thiazole rings is 1. The number of anilines is 1. The van der Waals surface area contributed by atoms with Gasteiger partial charge in [0.25, 0.3) is 5.91 Å². The number of rotatable bonds is 6. The van der Waals surface area contributed by atoms with Crippen LogP contribution >= 0.6 is 11.3 Å². The minimum atomic E-state index is -0.214. The van der Waals surface area contributed by atoms with Gasteiger partial charge >= 0.3 is 0 Å². The summed E-state index contributed by atoms with van der Waals surface area (Å²) < 4.78 is 17.0. The lowest BCUT2D eigenvalue weighted by molar-refractivity contribution is -0.0329. The van der Waals surface area contributed by atoms with Gasteiger partial charge in [0.2, 0.25) is 6.79 Å². The van der Waals surface area contributed by atoms with Crippen LogP contribution in [0.1, 0.15) is 26.3 Å². The third-order valence-electron chi connectivity index (χ3n) is 6.20. The number of carbonyl (C=O) groups is 1. The second-order valence-corrected chi connectivity index (χ2v) is 9.73. The predicted molar refractivity (Wildman–Crippen MR) is 138 cm³/mol. The third kappa shape index (κ3) is 4.83. The van der Waals surface area contributed by atoms with Crippen molar-refractivity contribution in [1.82, 2.24) is 9.88 Å². The third-order valence-corrected chi connectivity index (χ3v) is 7.35. The summed E-state index contributed by atoms with van der Waals surface area (Å²) in [6, 6.07) is 25.6. The number of morpholine rings is 1. The highest BCUT2D eigenvalue weighted by Crippen LogP contribution is 2.37. The van der Waals surface area contributed by atoms with E-state index in [1.807, 2.05) is 36.4 Å². The second kappa shape index (κ2) is 10.1. The zero-order chi connectivity index (χ0) is 24.3. The first-order valence-corrected chi connectivity index (χ1v) is 12.7. The van der Waals surface area contributed by atoms with Crippen LogP contribution in [0, 0.1) is 0 Å². The molecule has 8 heteroatoms. The maximum absolute atomic E-state index is 13.4. The predicted octanol–water partition coefficient (Wildman–Crippen LogP) is 5.36. The highest BCUT2D eigenvalue weighted by atomic mass is 32.1. The molecule has 1 amide bonds. The highest BCUT2D eigenvalue weighted by molar-refractivity contribution is 7.14. The molecule has 6 rings (SSSR count). The van der Waals surface area contributed by atoms with Gasteiger partial charge in [0, 0.05) is 37.0 Å². The van der Waals surface area contributed by atoms with Crippen molar-refractivity contribution >= 4 is 22.9 Å². The van der Waals surface area contributed by atoms with Crippen LogP contribution in [0.2, 0.25) is 0 Å². The number of benzene rings is 3. The summed E-state index contributed by atoms with van der Waals surface area (Å²) in [7, 11) is 0. The van der Waals surface area contributed by atoms with Crippen molar-refractivity contribution in [2.24, 2.45) is 0 Å². The summed E-state index contributed by atoms with van der Waals surface area (Å²) >= 11 is 1.39. The summed E-state index contributed by atoms with van der Waals surface area (Å²) in [5.74, 6) is 1.08. The molecule has 1 fully saturated rings. The lowest BCUT2D eigenvalue weighted by Crippen LogP contribution is -2.37. The number of hydrogen-bond donors (Lipinski definition) is 1. The maximum Gasteiger partial charge on any atom is 0.268 e. The molecule has 182 valence electrons. The maximum atomic E-state index is 13.4. The van der Waals surface area contributed by atoms with Gasteiger partial charge in [-0.1, -0.05) is 60.7 Å². The first-order chi connectivity index (χ1) is 17.7. The fourth-order valence-electron chi connectivity index (χ4n) is 4.42. The minimum absolute atomic E-state index is 0.186. The summed E-state index contributed by atoms with van der Waals surface area (Å²) in [6.07, 6.45) is -0.193. The van der Waals surface area contributed by atoms with Crippen LogP contribution in [-0.4, -0.2) is 42.3 Å². The van der Waals surface area contributed by atoms with Crippen molar-refractivity contribution in [2.75, 3.05) is 31.8 Å². The molecule has 1 unspecified atom stereocenters. The Kier molecular flexibility index (Phi) is 6.38. The molecule has 0 radical (unpaired) electrons. The van der Waals surface area contributed by atoms with Gasteiger partial charge < -0.3 is 19.5 Å². The van der Waals surface area contributed by atoms with Crippen LogP contribution in [0.5, 0.6) is 11.5 Å². The Morgan fingerprint density at radius 3 is 2.61 bits per heavy atom. The van der Waals surface area contributed by atoms with Crippen molar-refractivity contribution < 1.29 is 19.0 Å². The average Bonchev–Trinajstić information content (AvgIpc) is 3.57. The molecule has 0 aliphatic carbocycles. The number of amides is 1. The average molecular weight is 500 g/mol. The molecular formula is C28H25N3O4S. The summed E-state index contributed by atoms with van der Waals surface area (Å²) in [6.45, 7) is 3.25. The van der Waals surface area contributed by atoms with Gasteiger partial charge in [-0.2, -0.15) is 0 Å². The van der Waals surface area contributed by atoms with Gasteiger partial charge in [-0.05, 0) is 17.7 Å². The van der Waals surface area contributed by atoms with E-state index in [-0.39, 0.29) is 18.8 Å². The number of nitrogens with one attached hydrogen (secondary N) is 1. The first-order valence-electron chi connectivity index (χ1n) is 11.9. The van der Waals surface area contributed by atoms with E-state index in [4.69, 9.17) is 19.2 Å². The lowest BCUT2D eigenvalue weighted by Gasteiger charge is -2.32. The Hall–Kier alpha value is -3.72. The Morgan fingerprint density at radius 2 is 1.78 bits per heavy atom. The smallest absolute Gasteiger partial charge is 0.268 e. The quantitative estimate of drug-likeness (QED) is 0.385. The molecule has 2 aliphatic rings. The number of aromatic nitrogens is 1. The fourth-order valence-corrected chi connectivity index (χ4v) is 5.44. The number of ether oxygens (including phenoxy) is 3. The molecule has 2 aliphatic heterocycles. The molecule has 36 heavy (non-hydrogen) atoms. The molecule has 1 aromatic heterocycles. The number of fused-ring (bicyclic) bond motifs is 1. The van der Waals surface area contributed by atoms with Crippen molar-refractivity contribution in [3.05, 3.63) is 94.3 Å². The monoisotopic (exact) mass is 499 g/mol. The Labute approximate surface area is 213 Å². The fraction of sp³-hybridized carbons (Fsp3) is 0.214. The van der Waals surface area contributed by atoms with Crippen LogP contribution in [-0.2, 0) is 11.3 Å². The molecule has 1 saturated heterocycles. The van der Waals surface area contributed by atoms with Gasteiger partial charge in [0.05, 0.1) is 12.3 Å². The second-order valence-electron chi connectivity index (χ2n) is 8.70. The molecule has 0 saturated carbocycles. The van der Waals surface area contributed by atoms with Crippen molar-refractivity contribution in [2.45, 2.75) is 12.6 Å². The number of nitrogens with zero attached hydrogens (tertiary/aromatic N) is 2. The van der Waals surface area contributed by atoms with Gasteiger partial charge in [-0.15, -0.1) is 11.3 Å². The molecule has 3 aromatic carbocycles. The van der Waals surface area contributed by atoms with E-state index in [1.54, 1.807) is 18.2 Å². The van der Waals surface area contributed by atoms with E-state index < -0.39 is 0 Å². The van der Waals surface area contributed by atoms with E-state index >= 15 is 0 Å².